The molecule has 3 atom stereocenters. The number of rotatable bonds is 3. The standard InChI is InChI=1S/C30H40N2O6/c1-29(2,3)26-27(34)32-19-30(37-5,17-24(32)18-33)23-12-11-20-16-25(36-4)21(14-22(20)15-23)10-8-6-7-9-13-38-28(35)31-26/h11-12,14-16,18,24,26H,6-10,13,17,19H2,1-5H3,(H,31,35)/t24-,26+,30-/m0/s1. The lowest BCUT2D eigenvalue weighted by molar-refractivity contribution is -0.139. The number of aryl methyl sites for hydroxylation is 1. The van der Waals surface area contributed by atoms with Gasteiger partial charge >= 0.3 is 6.09 Å². The van der Waals surface area contributed by atoms with Crippen molar-refractivity contribution in [2.24, 2.45) is 5.41 Å². The molecule has 1 fully saturated rings. The average molecular weight is 525 g/mol. The lowest BCUT2D eigenvalue weighted by Gasteiger charge is -2.35. The van der Waals surface area contributed by atoms with Gasteiger partial charge in [-0.15, -0.1) is 0 Å². The van der Waals surface area contributed by atoms with E-state index in [1.165, 1.54) is 0 Å². The van der Waals surface area contributed by atoms with Crippen molar-refractivity contribution in [3.63, 3.8) is 0 Å². The number of hydrogen-bond donors (Lipinski definition) is 1. The van der Waals surface area contributed by atoms with Gasteiger partial charge in [0.1, 0.15) is 23.7 Å². The first kappa shape index (κ1) is 27.9. The third-order valence-electron chi connectivity index (χ3n) is 7.91. The van der Waals surface area contributed by atoms with Crippen LogP contribution in [0.25, 0.3) is 10.8 Å². The van der Waals surface area contributed by atoms with Crippen LogP contribution in [0, 0.1) is 5.41 Å². The normalized spacial score (nSPS) is 25.4. The molecule has 206 valence electrons. The molecule has 8 nitrogen and oxygen atoms in total. The van der Waals surface area contributed by atoms with Crippen LogP contribution in [0.1, 0.15) is 64.0 Å². The topological polar surface area (TPSA) is 94.2 Å². The minimum atomic E-state index is -0.862. The van der Waals surface area contributed by atoms with E-state index in [-0.39, 0.29) is 19.1 Å². The zero-order valence-electron chi connectivity index (χ0n) is 23.2. The van der Waals surface area contributed by atoms with Gasteiger partial charge in [0.15, 0.2) is 0 Å². The monoisotopic (exact) mass is 524 g/mol. The molecular weight excluding hydrogens is 484 g/mol. The van der Waals surface area contributed by atoms with Crippen molar-refractivity contribution in [2.75, 3.05) is 27.4 Å². The maximum absolute atomic E-state index is 13.9. The lowest BCUT2D eigenvalue weighted by Crippen LogP contribution is -2.56. The molecule has 0 spiro atoms. The summed E-state index contributed by atoms with van der Waals surface area (Å²) in [6.07, 6.45) is 5.05. The summed E-state index contributed by atoms with van der Waals surface area (Å²) < 4.78 is 17.2. The Morgan fingerprint density at radius 2 is 1.82 bits per heavy atom. The Balaban J connectivity index is 1.78. The Morgan fingerprint density at radius 1 is 1.05 bits per heavy atom. The van der Waals surface area contributed by atoms with E-state index in [1.54, 1.807) is 19.1 Å². The van der Waals surface area contributed by atoms with Gasteiger partial charge < -0.3 is 29.2 Å². The Bertz CT molecular complexity index is 1190. The maximum Gasteiger partial charge on any atom is 0.407 e. The molecule has 38 heavy (non-hydrogen) atoms. The third-order valence-corrected chi connectivity index (χ3v) is 7.91. The minimum Gasteiger partial charge on any atom is -0.496 e. The number of carbonyl (C=O) groups is 3. The van der Waals surface area contributed by atoms with E-state index < -0.39 is 29.2 Å². The first-order valence-corrected chi connectivity index (χ1v) is 13.5. The molecule has 2 aliphatic rings. The van der Waals surface area contributed by atoms with Gasteiger partial charge in [-0.1, -0.05) is 45.7 Å². The second kappa shape index (κ2) is 11.3. The van der Waals surface area contributed by atoms with E-state index in [4.69, 9.17) is 14.2 Å². The van der Waals surface area contributed by atoms with Crippen LogP contribution < -0.4 is 10.1 Å². The van der Waals surface area contributed by atoms with Crippen LogP contribution in [-0.2, 0) is 31.1 Å². The quantitative estimate of drug-likeness (QED) is 0.583. The molecule has 0 radical (unpaired) electrons. The minimum absolute atomic E-state index is 0.198. The Kier molecular flexibility index (Phi) is 8.31. The molecule has 2 amide bonds. The van der Waals surface area contributed by atoms with Crippen LogP contribution in [0.2, 0.25) is 0 Å². The number of hydrogen-bond acceptors (Lipinski definition) is 6. The molecule has 4 rings (SSSR count). The van der Waals surface area contributed by atoms with Gasteiger partial charge in [-0.05, 0) is 64.8 Å². The van der Waals surface area contributed by atoms with Gasteiger partial charge in [-0.2, -0.15) is 0 Å². The van der Waals surface area contributed by atoms with Crippen molar-refractivity contribution in [3.8, 4) is 5.75 Å². The molecule has 0 aliphatic carbocycles. The molecule has 2 heterocycles. The van der Waals surface area contributed by atoms with E-state index in [0.29, 0.717) is 6.42 Å². The molecule has 2 aliphatic heterocycles. The zero-order valence-corrected chi connectivity index (χ0v) is 23.2. The molecule has 1 saturated heterocycles. The summed E-state index contributed by atoms with van der Waals surface area (Å²) in [7, 11) is 3.31. The van der Waals surface area contributed by atoms with Gasteiger partial charge in [0.25, 0.3) is 0 Å². The fraction of sp³-hybridized carbons (Fsp3) is 0.567. The highest BCUT2D eigenvalue weighted by atomic mass is 16.5. The van der Waals surface area contributed by atoms with Crippen molar-refractivity contribution in [1.29, 1.82) is 0 Å². The Morgan fingerprint density at radius 3 is 2.50 bits per heavy atom. The van der Waals surface area contributed by atoms with Gasteiger partial charge in [-0.25, -0.2) is 4.79 Å². The number of ether oxygens (including phenoxy) is 3. The highest BCUT2D eigenvalue weighted by Gasteiger charge is 2.50. The summed E-state index contributed by atoms with van der Waals surface area (Å²) >= 11 is 0. The summed E-state index contributed by atoms with van der Waals surface area (Å²) in [5.41, 5.74) is 0.586. The first-order valence-electron chi connectivity index (χ1n) is 13.5. The van der Waals surface area contributed by atoms with Gasteiger partial charge in [0.05, 0.1) is 26.3 Å². The smallest absolute Gasteiger partial charge is 0.407 e. The number of cyclic esters (lactones) is 1. The summed E-state index contributed by atoms with van der Waals surface area (Å²) in [6.45, 7) is 6.14. The van der Waals surface area contributed by atoms with E-state index in [9.17, 15) is 14.4 Å². The van der Waals surface area contributed by atoms with Crippen molar-refractivity contribution < 1.29 is 28.6 Å². The molecule has 1 N–H and O–H groups in total. The number of nitrogens with one attached hydrogen (secondary N) is 1. The summed E-state index contributed by atoms with van der Waals surface area (Å²) in [4.78, 5) is 40.3. The number of amides is 2. The third kappa shape index (κ3) is 5.65. The number of fused-ring (bicyclic) bond motifs is 5. The summed E-state index contributed by atoms with van der Waals surface area (Å²) in [5.74, 6) is 0.542. The van der Waals surface area contributed by atoms with Crippen LogP contribution in [0.5, 0.6) is 5.75 Å². The maximum atomic E-state index is 13.9. The van der Waals surface area contributed by atoms with Crippen molar-refractivity contribution >= 4 is 29.1 Å². The fourth-order valence-corrected chi connectivity index (χ4v) is 5.65. The van der Waals surface area contributed by atoms with Crippen LogP contribution in [0.3, 0.4) is 0 Å². The van der Waals surface area contributed by atoms with E-state index in [2.05, 4.69) is 23.5 Å². The van der Waals surface area contributed by atoms with Crippen molar-refractivity contribution in [1.82, 2.24) is 10.2 Å². The highest BCUT2D eigenvalue weighted by molar-refractivity contribution is 5.89. The van der Waals surface area contributed by atoms with E-state index >= 15 is 0 Å². The predicted molar refractivity (Wildman–Crippen MR) is 145 cm³/mol. The second-order valence-electron chi connectivity index (χ2n) is 11.5. The van der Waals surface area contributed by atoms with Crippen LogP contribution in [0.15, 0.2) is 30.3 Å². The molecule has 0 aromatic heterocycles. The molecule has 2 aromatic carbocycles. The molecule has 0 unspecified atom stereocenters. The van der Waals surface area contributed by atoms with Gasteiger partial charge in [0, 0.05) is 13.5 Å². The molecule has 2 aromatic rings. The molecule has 0 saturated carbocycles. The highest BCUT2D eigenvalue weighted by Crippen LogP contribution is 2.41. The number of carbonyl (C=O) groups excluding carboxylic acids is 3. The van der Waals surface area contributed by atoms with Crippen LogP contribution in [0.4, 0.5) is 4.79 Å². The summed E-state index contributed by atoms with van der Waals surface area (Å²) in [5, 5.41) is 4.90. The fourth-order valence-electron chi connectivity index (χ4n) is 5.65. The number of aldehydes is 1. The van der Waals surface area contributed by atoms with E-state index in [1.807, 2.05) is 32.9 Å². The van der Waals surface area contributed by atoms with Crippen LogP contribution in [-0.4, -0.2) is 62.6 Å². The molecule has 5 bridgehead atoms. The average Bonchev–Trinajstić information content (AvgIpc) is 3.29. The molecular formula is C30H40N2O6. The largest absolute Gasteiger partial charge is 0.496 e. The van der Waals surface area contributed by atoms with Gasteiger partial charge in [-0.3, -0.25) is 4.79 Å². The SMILES string of the molecule is COc1cc2ccc3cc2cc1CCCCCCOC(=O)N[C@@H](C(C)(C)C)C(=O)N1C[C@@]3(OC)C[C@H]1C=O. The zero-order chi connectivity index (χ0) is 27.5. The Hall–Kier alpha value is -3.13. The van der Waals surface area contributed by atoms with E-state index in [0.717, 1.165) is 66.0 Å². The summed E-state index contributed by atoms with van der Waals surface area (Å²) in [6, 6.07) is 8.83. The number of nitrogens with zero attached hydrogens (tertiary/aromatic N) is 1. The number of alkyl carbamates (subject to hydrolysis) is 1. The molecule has 8 heteroatoms. The van der Waals surface area contributed by atoms with Crippen molar-refractivity contribution in [3.05, 3.63) is 41.5 Å². The number of methoxy groups -OCH3 is 2. The van der Waals surface area contributed by atoms with Crippen LogP contribution >= 0.6 is 0 Å². The second-order valence-corrected chi connectivity index (χ2v) is 11.5. The number of benzene rings is 2. The predicted octanol–water partition coefficient (Wildman–Crippen LogP) is 4.75. The first-order chi connectivity index (χ1) is 18.1. The van der Waals surface area contributed by atoms with Crippen molar-refractivity contribution in [2.45, 2.75) is 77.0 Å². The lowest BCUT2D eigenvalue weighted by atomic mass is 9.85. The Labute approximate surface area is 225 Å². The van der Waals surface area contributed by atoms with Gasteiger partial charge in [0.2, 0.25) is 5.91 Å².